The second-order valence-electron chi connectivity index (χ2n) is 5.71. The summed E-state index contributed by atoms with van der Waals surface area (Å²) in [5.41, 5.74) is 5.70. The van der Waals surface area contributed by atoms with Crippen LogP contribution < -0.4 is 0 Å². The maximum atomic E-state index is 8.16. The van der Waals surface area contributed by atoms with Crippen molar-refractivity contribution in [3.8, 4) is 11.3 Å². The van der Waals surface area contributed by atoms with Gasteiger partial charge in [-0.1, -0.05) is 35.4 Å². The fourth-order valence-electron chi connectivity index (χ4n) is 2.53. The molecular formula is C19H17ClN4. The minimum absolute atomic E-state index is 0.0524. The van der Waals surface area contributed by atoms with Crippen molar-refractivity contribution in [1.29, 1.82) is 10.8 Å². The van der Waals surface area contributed by atoms with Gasteiger partial charge in [0.05, 0.1) is 17.6 Å². The molecule has 0 atom stereocenters. The number of pyridine rings is 1. The van der Waals surface area contributed by atoms with Crippen LogP contribution in [0.1, 0.15) is 18.1 Å². The Hall–Kier alpha value is -2.72. The van der Waals surface area contributed by atoms with Gasteiger partial charge in [0.15, 0.2) is 0 Å². The molecular weight excluding hydrogens is 320 g/mol. The molecule has 0 radical (unpaired) electrons. The molecule has 0 unspecified atom stereocenters. The highest BCUT2D eigenvalue weighted by Gasteiger charge is 2.08. The first-order valence-corrected chi connectivity index (χ1v) is 7.89. The molecule has 0 saturated heterocycles. The Morgan fingerprint density at radius 2 is 2.00 bits per heavy atom. The molecule has 0 spiro atoms. The number of aromatic nitrogens is 2. The summed E-state index contributed by atoms with van der Waals surface area (Å²) in [6, 6.07) is 12.0. The Kier molecular flexibility index (Phi) is 4.32. The van der Waals surface area contributed by atoms with E-state index >= 15 is 0 Å². The Bertz CT molecular complexity index is 982. The summed E-state index contributed by atoms with van der Waals surface area (Å²) in [5, 5.41) is 15.5. The third kappa shape index (κ3) is 3.14. The minimum Gasteiger partial charge on any atom is -0.300 e. The van der Waals surface area contributed by atoms with Crippen LogP contribution in [0.25, 0.3) is 16.9 Å². The van der Waals surface area contributed by atoms with Crippen LogP contribution >= 0.6 is 11.6 Å². The fraction of sp³-hybridized carbons (Fsp3) is 0.105. The standard InChI is InChI=1S/C19H17ClN4/c1-12-4-3-5-15(8-12)17-11-23-18-10-14(6-7-24(17)18)16(21)9-13(2)19(20)22/h3-11,21-22H,1-2H3/b13-9-,21-16?,22-19?. The van der Waals surface area contributed by atoms with E-state index < -0.39 is 0 Å². The average Bonchev–Trinajstić information content (AvgIpc) is 2.97. The lowest BCUT2D eigenvalue weighted by Gasteiger charge is -2.05. The zero-order chi connectivity index (χ0) is 17.3. The van der Waals surface area contributed by atoms with Crippen molar-refractivity contribution >= 4 is 28.1 Å². The van der Waals surface area contributed by atoms with Crippen LogP contribution in [0.15, 0.2) is 60.4 Å². The van der Waals surface area contributed by atoms with Crippen molar-refractivity contribution in [1.82, 2.24) is 9.38 Å². The topological polar surface area (TPSA) is 65.0 Å². The van der Waals surface area contributed by atoms with Gasteiger partial charge in [-0.2, -0.15) is 0 Å². The van der Waals surface area contributed by atoms with Gasteiger partial charge in [-0.25, -0.2) is 4.98 Å². The molecule has 2 aromatic heterocycles. The SMILES string of the molecule is C/C(=C/C(=N)c1ccn2c(-c3cccc(C)c3)cnc2c1)C(=N)Cl. The number of nitrogens with one attached hydrogen (secondary N) is 2. The van der Waals surface area contributed by atoms with E-state index in [-0.39, 0.29) is 5.17 Å². The van der Waals surface area contributed by atoms with Crippen LogP contribution in [0, 0.1) is 17.7 Å². The van der Waals surface area contributed by atoms with Crippen molar-refractivity contribution in [2.45, 2.75) is 13.8 Å². The van der Waals surface area contributed by atoms with Gasteiger partial charge in [0.2, 0.25) is 0 Å². The van der Waals surface area contributed by atoms with Crippen LogP contribution in [-0.2, 0) is 0 Å². The number of allylic oxidation sites excluding steroid dienone is 2. The lowest BCUT2D eigenvalue weighted by atomic mass is 10.1. The molecule has 0 aliphatic heterocycles. The number of aryl methyl sites for hydroxylation is 1. The van der Waals surface area contributed by atoms with Gasteiger partial charge in [-0.15, -0.1) is 0 Å². The molecule has 2 heterocycles. The van der Waals surface area contributed by atoms with Gasteiger partial charge in [0.1, 0.15) is 10.8 Å². The van der Waals surface area contributed by atoms with Crippen LogP contribution in [0.2, 0.25) is 0 Å². The molecule has 120 valence electrons. The maximum Gasteiger partial charge on any atom is 0.137 e. The normalized spacial score (nSPS) is 11.7. The van der Waals surface area contributed by atoms with E-state index in [0.717, 1.165) is 22.5 Å². The summed E-state index contributed by atoms with van der Waals surface area (Å²) in [6.45, 7) is 3.78. The second kappa shape index (κ2) is 6.42. The van der Waals surface area contributed by atoms with E-state index in [9.17, 15) is 0 Å². The van der Waals surface area contributed by atoms with E-state index in [2.05, 4.69) is 30.1 Å². The predicted octanol–water partition coefficient (Wildman–Crippen LogP) is 4.84. The molecule has 0 aliphatic carbocycles. The van der Waals surface area contributed by atoms with Crippen molar-refractivity contribution in [3.05, 3.63) is 71.6 Å². The van der Waals surface area contributed by atoms with Gasteiger partial charge in [0.25, 0.3) is 0 Å². The molecule has 0 bridgehead atoms. The largest absolute Gasteiger partial charge is 0.300 e. The molecule has 24 heavy (non-hydrogen) atoms. The van der Waals surface area contributed by atoms with E-state index in [0.29, 0.717) is 11.3 Å². The zero-order valence-corrected chi connectivity index (χ0v) is 14.2. The number of nitrogens with zero attached hydrogens (tertiary/aromatic N) is 2. The highest BCUT2D eigenvalue weighted by atomic mass is 35.5. The lowest BCUT2D eigenvalue weighted by molar-refractivity contribution is 1.18. The monoisotopic (exact) mass is 336 g/mol. The number of hydrogen-bond acceptors (Lipinski definition) is 3. The molecule has 5 heteroatoms. The van der Waals surface area contributed by atoms with E-state index in [1.165, 1.54) is 5.56 Å². The number of fused-ring (bicyclic) bond motifs is 1. The molecule has 4 nitrogen and oxygen atoms in total. The first kappa shape index (κ1) is 16.1. The molecule has 3 rings (SSSR count). The Labute approximate surface area is 145 Å². The van der Waals surface area contributed by atoms with Crippen molar-refractivity contribution in [3.63, 3.8) is 0 Å². The van der Waals surface area contributed by atoms with Crippen molar-refractivity contribution in [2.24, 2.45) is 0 Å². The maximum absolute atomic E-state index is 8.16. The predicted molar refractivity (Wildman–Crippen MR) is 99.5 cm³/mol. The smallest absolute Gasteiger partial charge is 0.137 e. The van der Waals surface area contributed by atoms with Gasteiger partial charge >= 0.3 is 0 Å². The summed E-state index contributed by atoms with van der Waals surface area (Å²) in [7, 11) is 0. The Morgan fingerprint density at radius 1 is 1.21 bits per heavy atom. The van der Waals surface area contributed by atoms with Crippen molar-refractivity contribution in [2.75, 3.05) is 0 Å². The van der Waals surface area contributed by atoms with Gasteiger partial charge in [0, 0.05) is 17.3 Å². The van der Waals surface area contributed by atoms with Gasteiger partial charge in [-0.05, 0) is 43.7 Å². The highest BCUT2D eigenvalue weighted by Crippen LogP contribution is 2.22. The molecule has 1 aromatic carbocycles. The van der Waals surface area contributed by atoms with E-state index in [4.69, 9.17) is 22.4 Å². The summed E-state index contributed by atoms with van der Waals surface area (Å²) < 4.78 is 2.01. The summed E-state index contributed by atoms with van der Waals surface area (Å²) >= 11 is 5.64. The number of halogens is 1. The third-order valence-electron chi connectivity index (χ3n) is 3.85. The molecule has 3 aromatic rings. The number of rotatable bonds is 4. The number of hydrogen-bond donors (Lipinski definition) is 2. The molecule has 0 aliphatic rings. The van der Waals surface area contributed by atoms with Gasteiger partial charge in [-0.3, -0.25) is 9.81 Å². The van der Waals surface area contributed by atoms with Crippen LogP contribution in [0.5, 0.6) is 0 Å². The molecule has 2 N–H and O–H groups in total. The Morgan fingerprint density at radius 3 is 2.71 bits per heavy atom. The molecule has 0 amide bonds. The lowest BCUT2D eigenvalue weighted by Crippen LogP contribution is -2.00. The average molecular weight is 337 g/mol. The summed E-state index contributed by atoms with van der Waals surface area (Å²) in [6.07, 6.45) is 5.34. The van der Waals surface area contributed by atoms with Crippen LogP contribution in [-0.4, -0.2) is 20.3 Å². The van der Waals surface area contributed by atoms with Crippen LogP contribution in [0.4, 0.5) is 0 Å². The van der Waals surface area contributed by atoms with Crippen molar-refractivity contribution < 1.29 is 0 Å². The third-order valence-corrected chi connectivity index (χ3v) is 4.14. The first-order chi connectivity index (χ1) is 11.5. The summed E-state index contributed by atoms with van der Waals surface area (Å²) in [5.74, 6) is 0. The minimum atomic E-state index is -0.0524. The zero-order valence-electron chi connectivity index (χ0n) is 13.5. The van der Waals surface area contributed by atoms with Crippen LogP contribution in [0.3, 0.4) is 0 Å². The molecule has 0 fully saturated rings. The fourth-order valence-corrected chi connectivity index (χ4v) is 2.58. The number of imidazole rings is 1. The van der Waals surface area contributed by atoms with E-state index in [1.807, 2.05) is 35.0 Å². The van der Waals surface area contributed by atoms with E-state index in [1.54, 1.807) is 13.0 Å². The molecule has 0 saturated carbocycles. The number of benzene rings is 1. The highest BCUT2D eigenvalue weighted by molar-refractivity contribution is 6.68. The second-order valence-corrected chi connectivity index (χ2v) is 6.09. The Balaban J connectivity index is 2.01. The van der Waals surface area contributed by atoms with Gasteiger partial charge < -0.3 is 5.41 Å². The summed E-state index contributed by atoms with van der Waals surface area (Å²) in [4.78, 5) is 4.46. The quantitative estimate of drug-likeness (QED) is 0.658. The first-order valence-electron chi connectivity index (χ1n) is 7.51.